The Hall–Kier alpha value is -3.58. The highest BCUT2D eigenvalue weighted by Gasteiger charge is 2.06. The fourth-order valence-electron chi connectivity index (χ4n) is 2.54. The third kappa shape index (κ3) is 7.64. The Morgan fingerprint density at radius 1 is 1.03 bits per heavy atom. The lowest BCUT2D eigenvalue weighted by Crippen LogP contribution is -2.20. The fourth-order valence-corrected chi connectivity index (χ4v) is 2.94. The van der Waals surface area contributed by atoms with Gasteiger partial charge in [-0.15, -0.1) is 11.8 Å². The van der Waals surface area contributed by atoms with Gasteiger partial charge in [0.2, 0.25) is 0 Å². The van der Waals surface area contributed by atoms with Gasteiger partial charge in [0.25, 0.3) is 5.91 Å². The van der Waals surface area contributed by atoms with E-state index >= 15 is 0 Å². The van der Waals surface area contributed by atoms with Gasteiger partial charge in [0, 0.05) is 22.9 Å². The van der Waals surface area contributed by atoms with Gasteiger partial charge in [0.15, 0.2) is 6.61 Å². The van der Waals surface area contributed by atoms with E-state index in [0.29, 0.717) is 18.0 Å². The Balaban J connectivity index is 1.41. The number of ether oxygens (including phenoxy) is 2. The van der Waals surface area contributed by atoms with E-state index in [0.717, 1.165) is 16.2 Å². The molecule has 0 saturated heterocycles. The van der Waals surface area contributed by atoms with Crippen LogP contribution in [0.4, 0.5) is 5.69 Å². The van der Waals surface area contributed by atoms with E-state index in [2.05, 4.69) is 10.3 Å². The minimum absolute atomic E-state index is 0.353. The lowest BCUT2D eigenvalue weighted by molar-refractivity contribution is -0.142. The van der Waals surface area contributed by atoms with Crippen molar-refractivity contribution in [3.8, 4) is 5.75 Å². The molecule has 2 aromatic carbocycles. The summed E-state index contributed by atoms with van der Waals surface area (Å²) in [5, 5.41) is 2.68. The van der Waals surface area contributed by atoms with Crippen LogP contribution < -0.4 is 10.1 Å². The molecule has 0 aliphatic rings. The van der Waals surface area contributed by atoms with E-state index in [1.165, 1.54) is 6.08 Å². The first-order valence-corrected chi connectivity index (χ1v) is 10.8. The van der Waals surface area contributed by atoms with Gasteiger partial charge in [-0.3, -0.25) is 9.78 Å². The smallest absolute Gasteiger partial charge is 0.331 e. The molecule has 6 nitrogen and oxygen atoms in total. The average molecular weight is 435 g/mol. The number of nitrogens with one attached hydrogen (secondary N) is 1. The van der Waals surface area contributed by atoms with E-state index in [-0.39, 0.29) is 6.61 Å². The highest BCUT2D eigenvalue weighted by atomic mass is 32.2. The quantitative estimate of drug-likeness (QED) is 0.302. The van der Waals surface area contributed by atoms with Crippen LogP contribution in [-0.2, 0) is 20.9 Å². The van der Waals surface area contributed by atoms with Gasteiger partial charge in [0.05, 0.1) is 5.69 Å². The minimum Gasteiger partial charge on any atom is -0.487 e. The molecule has 1 amide bonds. The maximum absolute atomic E-state index is 11.9. The number of amides is 1. The van der Waals surface area contributed by atoms with Gasteiger partial charge in [-0.05, 0) is 66.4 Å². The largest absolute Gasteiger partial charge is 0.487 e. The number of hydrogen-bond acceptors (Lipinski definition) is 6. The number of carbonyl (C=O) groups is 2. The predicted octanol–water partition coefficient (Wildman–Crippen LogP) is 4.58. The van der Waals surface area contributed by atoms with E-state index in [1.807, 2.05) is 60.9 Å². The molecule has 31 heavy (non-hydrogen) atoms. The molecule has 3 rings (SSSR count). The number of thioether (sulfide) groups is 1. The number of anilines is 1. The Morgan fingerprint density at radius 3 is 2.48 bits per heavy atom. The molecule has 0 aliphatic carbocycles. The molecule has 0 bridgehead atoms. The lowest BCUT2D eigenvalue weighted by Gasteiger charge is -2.06. The van der Waals surface area contributed by atoms with Crippen molar-refractivity contribution in [1.29, 1.82) is 0 Å². The molecular formula is C24H22N2O4S. The monoisotopic (exact) mass is 434 g/mol. The summed E-state index contributed by atoms with van der Waals surface area (Å²) in [6.45, 7) is 0.0277. The molecular weight excluding hydrogens is 412 g/mol. The molecule has 0 radical (unpaired) electrons. The van der Waals surface area contributed by atoms with Crippen LogP contribution in [0.15, 0.2) is 83.9 Å². The standard InChI is InChI=1S/C24H22N2O4S/c1-31-22-12-8-19(9-13-22)26-23(27)17-30-24(28)14-7-18-5-10-21(11-6-18)29-16-20-4-2-3-15-25-20/h2-15H,16-17H2,1H3,(H,26,27). The maximum Gasteiger partial charge on any atom is 0.331 e. The van der Waals surface area contributed by atoms with Crippen molar-refractivity contribution in [2.24, 2.45) is 0 Å². The SMILES string of the molecule is CSc1ccc(NC(=O)COC(=O)C=Cc2ccc(OCc3ccccn3)cc2)cc1. The number of aromatic nitrogens is 1. The van der Waals surface area contributed by atoms with Crippen LogP contribution in [0.1, 0.15) is 11.3 Å². The normalized spacial score (nSPS) is 10.6. The van der Waals surface area contributed by atoms with E-state index in [9.17, 15) is 9.59 Å². The van der Waals surface area contributed by atoms with Crippen LogP contribution >= 0.6 is 11.8 Å². The summed E-state index contributed by atoms with van der Waals surface area (Å²) in [6, 6.07) is 20.3. The van der Waals surface area contributed by atoms with Gasteiger partial charge in [0.1, 0.15) is 12.4 Å². The van der Waals surface area contributed by atoms with E-state index in [1.54, 1.807) is 36.2 Å². The molecule has 1 N–H and O–H groups in total. The number of carbonyl (C=O) groups excluding carboxylic acids is 2. The predicted molar refractivity (Wildman–Crippen MR) is 122 cm³/mol. The average Bonchev–Trinajstić information content (AvgIpc) is 2.82. The topological polar surface area (TPSA) is 77.5 Å². The zero-order valence-corrected chi connectivity index (χ0v) is 17.8. The Bertz CT molecular complexity index is 1020. The highest BCUT2D eigenvalue weighted by Crippen LogP contribution is 2.17. The molecule has 3 aromatic rings. The van der Waals surface area contributed by atoms with Crippen LogP contribution in [0.5, 0.6) is 5.75 Å². The van der Waals surface area contributed by atoms with E-state index in [4.69, 9.17) is 9.47 Å². The molecule has 158 valence electrons. The van der Waals surface area contributed by atoms with Gasteiger partial charge in [-0.1, -0.05) is 18.2 Å². The van der Waals surface area contributed by atoms with Gasteiger partial charge in [-0.25, -0.2) is 4.79 Å². The number of rotatable bonds is 9. The molecule has 0 saturated carbocycles. The van der Waals surface area contributed by atoms with Crippen LogP contribution in [-0.4, -0.2) is 29.7 Å². The molecule has 0 fully saturated rings. The Morgan fingerprint density at radius 2 is 1.81 bits per heavy atom. The molecule has 0 spiro atoms. The first-order valence-electron chi connectivity index (χ1n) is 9.54. The molecule has 0 unspecified atom stereocenters. The summed E-state index contributed by atoms with van der Waals surface area (Å²) in [7, 11) is 0. The zero-order chi connectivity index (χ0) is 21.9. The van der Waals surface area contributed by atoms with Crippen LogP contribution in [0, 0.1) is 0 Å². The number of pyridine rings is 1. The molecule has 7 heteroatoms. The Kier molecular flexibility index (Phi) is 8.25. The number of esters is 1. The zero-order valence-electron chi connectivity index (χ0n) is 17.0. The molecule has 0 atom stereocenters. The first kappa shape index (κ1) is 22.1. The van der Waals surface area contributed by atoms with Crippen molar-refractivity contribution in [2.45, 2.75) is 11.5 Å². The van der Waals surface area contributed by atoms with Gasteiger partial charge >= 0.3 is 5.97 Å². The Labute approximate surface area is 185 Å². The summed E-state index contributed by atoms with van der Waals surface area (Å²) in [5.41, 5.74) is 2.30. The molecule has 1 heterocycles. The second kappa shape index (κ2) is 11.6. The van der Waals surface area contributed by atoms with Crippen molar-refractivity contribution in [1.82, 2.24) is 4.98 Å². The summed E-state index contributed by atoms with van der Waals surface area (Å²) in [4.78, 5) is 29.1. The summed E-state index contributed by atoms with van der Waals surface area (Å²) >= 11 is 1.62. The second-order valence-corrected chi connectivity index (χ2v) is 7.28. The van der Waals surface area contributed by atoms with Crippen LogP contribution in [0.25, 0.3) is 6.08 Å². The van der Waals surface area contributed by atoms with Gasteiger partial charge in [-0.2, -0.15) is 0 Å². The maximum atomic E-state index is 11.9. The third-order valence-corrected chi connectivity index (χ3v) is 4.87. The second-order valence-electron chi connectivity index (χ2n) is 6.40. The van der Waals surface area contributed by atoms with Crippen LogP contribution in [0.3, 0.4) is 0 Å². The van der Waals surface area contributed by atoms with Crippen molar-refractivity contribution in [2.75, 3.05) is 18.2 Å². The van der Waals surface area contributed by atoms with Crippen molar-refractivity contribution >= 4 is 35.4 Å². The number of benzene rings is 2. The van der Waals surface area contributed by atoms with E-state index < -0.39 is 11.9 Å². The number of nitrogens with zero attached hydrogens (tertiary/aromatic N) is 1. The van der Waals surface area contributed by atoms with Crippen molar-refractivity contribution in [3.05, 3.63) is 90.3 Å². The highest BCUT2D eigenvalue weighted by molar-refractivity contribution is 7.98. The summed E-state index contributed by atoms with van der Waals surface area (Å²) in [6.07, 6.45) is 6.60. The first-order chi connectivity index (χ1) is 15.1. The minimum atomic E-state index is -0.594. The summed E-state index contributed by atoms with van der Waals surface area (Å²) < 4.78 is 10.7. The molecule has 0 aliphatic heterocycles. The fraction of sp³-hybridized carbons (Fsp3) is 0.125. The van der Waals surface area contributed by atoms with Crippen LogP contribution in [0.2, 0.25) is 0 Å². The lowest BCUT2D eigenvalue weighted by atomic mass is 10.2. The molecule has 1 aromatic heterocycles. The number of hydrogen-bond donors (Lipinski definition) is 1. The summed E-state index contributed by atoms with van der Waals surface area (Å²) in [5.74, 6) is -0.288. The van der Waals surface area contributed by atoms with Crippen molar-refractivity contribution in [3.63, 3.8) is 0 Å². The third-order valence-electron chi connectivity index (χ3n) is 4.12. The van der Waals surface area contributed by atoms with Crippen molar-refractivity contribution < 1.29 is 19.1 Å². The van der Waals surface area contributed by atoms with Gasteiger partial charge < -0.3 is 14.8 Å².